The summed E-state index contributed by atoms with van der Waals surface area (Å²) in [4.78, 5) is 16.9. The summed E-state index contributed by atoms with van der Waals surface area (Å²) in [5, 5.41) is 0. The SMILES string of the molecule is CCN1CCC(N(Cc2ccc(F)cc2F)C(=O)OCc2ccc(OC(C)C)cc2)CC1. The van der Waals surface area contributed by atoms with Crippen molar-refractivity contribution in [3.8, 4) is 5.75 Å². The van der Waals surface area contributed by atoms with Crippen LogP contribution in [-0.4, -0.2) is 47.7 Å². The number of likely N-dealkylation sites (tertiary alicyclic amines) is 1. The van der Waals surface area contributed by atoms with Crippen molar-refractivity contribution in [2.24, 2.45) is 0 Å². The first-order valence-corrected chi connectivity index (χ1v) is 11.2. The molecule has 3 rings (SSSR count). The van der Waals surface area contributed by atoms with Crippen LogP contribution in [0.2, 0.25) is 0 Å². The Hall–Kier alpha value is -2.67. The fourth-order valence-corrected chi connectivity index (χ4v) is 3.89. The zero-order chi connectivity index (χ0) is 23.1. The van der Waals surface area contributed by atoms with Crippen LogP contribution in [0.15, 0.2) is 42.5 Å². The molecule has 2 aromatic carbocycles. The van der Waals surface area contributed by atoms with Crippen LogP contribution in [0.5, 0.6) is 5.75 Å². The number of amides is 1. The Kier molecular flexibility index (Phi) is 8.45. The van der Waals surface area contributed by atoms with Crippen molar-refractivity contribution in [1.82, 2.24) is 9.80 Å². The van der Waals surface area contributed by atoms with Gasteiger partial charge >= 0.3 is 6.09 Å². The molecule has 0 spiro atoms. The van der Waals surface area contributed by atoms with E-state index in [1.54, 1.807) is 4.90 Å². The second-order valence-electron chi connectivity index (χ2n) is 8.39. The molecule has 2 aromatic rings. The van der Waals surface area contributed by atoms with Crippen LogP contribution >= 0.6 is 0 Å². The lowest BCUT2D eigenvalue weighted by Gasteiger charge is -2.37. The van der Waals surface area contributed by atoms with Crippen LogP contribution in [0.4, 0.5) is 13.6 Å². The molecular weight excluding hydrogens is 414 g/mol. The van der Waals surface area contributed by atoms with Crippen molar-refractivity contribution < 1.29 is 23.0 Å². The lowest BCUT2D eigenvalue weighted by molar-refractivity contribution is 0.0574. The van der Waals surface area contributed by atoms with Crippen molar-refractivity contribution in [3.63, 3.8) is 0 Å². The number of ether oxygens (including phenoxy) is 2. The average molecular weight is 447 g/mol. The molecular formula is C25H32F2N2O3. The van der Waals surface area contributed by atoms with Gasteiger partial charge in [-0.15, -0.1) is 0 Å². The molecule has 174 valence electrons. The van der Waals surface area contributed by atoms with Gasteiger partial charge in [0.1, 0.15) is 24.0 Å². The zero-order valence-electron chi connectivity index (χ0n) is 19.0. The summed E-state index contributed by atoms with van der Waals surface area (Å²) in [7, 11) is 0. The van der Waals surface area contributed by atoms with Crippen LogP contribution in [0.25, 0.3) is 0 Å². The minimum atomic E-state index is -0.658. The third-order valence-electron chi connectivity index (χ3n) is 5.69. The predicted molar refractivity (Wildman–Crippen MR) is 119 cm³/mol. The Labute approximate surface area is 188 Å². The van der Waals surface area contributed by atoms with Crippen molar-refractivity contribution in [3.05, 3.63) is 65.2 Å². The molecule has 0 unspecified atom stereocenters. The van der Waals surface area contributed by atoms with E-state index in [4.69, 9.17) is 9.47 Å². The van der Waals surface area contributed by atoms with Gasteiger partial charge in [-0.2, -0.15) is 0 Å². The van der Waals surface area contributed by atoms with Crippen LogP contribution in [0.3, 0.4) is 0 Å². The highest BCUT2D eigenvalue weighted by atomic mass is 19.1. The number of halogens is 2. The van der Waals surface area contributed by atoms with Crippen molar-refractivity contribution in [2.75, 3.05) is 19.6 Å². The van der Waals surface area contributed by atoms with E-state index < -0.39 is 17.7 Å². The van der Waals surface area contributed by atoms with Crippen molar-refractivity contribution in [2.45, 2.75) is 58.9 Å². The molecule has 1 aliphatic heterocycles. The monoisotopic (exact) mass is 446 g/mol. The second-order valence-corrected chi connectivity index (χ2v) is 8.39. The van der Waals surface area contributed by atoms with E-state index in [0.29, 0.717) is 0 Å². The standard InChI is InChI=1S/C25H32F2N2O3/c1-4-28-13-11-22(12-14-28)29(16-20-7-8-21(26)15-24(20)27)25(30)31-17-19-5-9-23(10-6-19)32-18(2)3/h5-10,15,18,22H,4,11-14,16-17H2,1-3H3. The Morgan fingerprint density at radius 1 is 1.12 bits per heavy atom. The van der Waals surface area contributed by atoms with Crippen LogP contribution in [0.1, 0.15) is 44.7 Å². The van der Waals surface area contributed by atoms with E-state index in [1.165, 1.54) is 12.1 Å². The molecule has 1 aliphatic rings. The molecule has 0 atom stereocenters. The number of piperidine rings is 1. The molecule has 0 bridgehead atoms. The van der Waals surface area contributed by atoms with E-state index in [-0.39, 0.29) is 30.9 Å². The van der Waals surface area contributed by atoms with E-state index in [9.17, 15) is 13.6 Å². The molecule has 1 saturated heterocycles. The second kappa shape index (κ2) is 11.3. The van der Waals surface area contributed by atoms with E-state index in [2.05, 4.69) is 11.8 Å². The highest BCUT2D eigenvalue weighted by Crippen LogP contribution is 2.22. The van der Waals surface area contributed by atoms with Gasteiger partial charge in [0, 0.05) is 30.8 Å². The fraction of sp³-hybridized carbons (Fsp3) is 0.480. The minimum Gasteiger partial charge on any atom is -0.491 e. The Balaban J connectivity index is 1.68. The van der Waals surface area contributed by atoms with Gasteiger partial charge in [0.2, 0.25) is 0 Å². The molecule has 32 heavy (non-hydrogen) atoms. The first-order valence-electron chi connectivity index (χ1n) is 11.2. The summed E-state index contributed by atoms with van der Waals surface area (Å²) in [5.74, 6) is -0.540. The number of hydrogen-bond acceptors (Lipinski definition) is 4. The molecule has 5 nitrogen and oxygen atoms in total. The minimum absolute atomic E-state index is 0.0445. The Morgan fingerprint density at radius 2 is 1.81 bits per heavy atom. The third-order valence-corrected chi connectivity index (χ3v) is 5.69. The molecule has 0 aliphatic carbocycles. The predicted octanol–water partition coefficient (Wildman–Crippen LogP) is 5.38. The van der Waals surface area contributed by atoms with E-state index >= 15 is 0 Å². The van der Waals surface area contributed by atoms with E-state index in [0.717, 1.165) is 49.9 Å². The van der Waals surface area contributed by atoms with Crippen LogP contribution in [0, 0.1) is 11.6 Å². The maximum atomic E-state index is 14.3. The molecule has 1 fully saturated rings. The van der Waals surface area contributed by atoms with Gasteiger partial charge in [-0.25, -0.2) is 13.6 Å². The highest BCUT2D eigenvalue weighted by molar-refractivity contribution is 5.68. The number of carbonyl (C=O) groups excluding carboxylic acids is 1. The molecule has 0 N–H and O–H groups in total. The smallest absolute Gasteiger partial charge is 0.410 e. The number of carbonyl (C=O) groups is 1. The number of benzene rings is 2. The zero-order valence-corrected chi connectivity index (χ0v) is 19.0. The molecule has 1 heterocycles. The average Bonchev–Trinajstić information content (AvgIpc) is 2.78. The largest absolute Gasteiger partial charge is 0.491 e. The van der Waals surface area contributed by atoms with Crippen LogP contribution < -0.4 is 4.74 Å². The third kappa shape index (κ3) is 6.66. The van der Waals surface area contributed by atoms with Crippen LogP contribution in [-0.2, 0) is 17.9 Å². The van der Waals surface area contributed by atoms with Crippen molar-refractivity contribution >= 4 is 6.09 Å². The van der Waals surface area contributed by atoms with Gasteiger partial charge in [-0.1, -0.05) is 25.1 Å². The molecule has 0 saturated carbocycles. The number of nitrogens with zero attached hydrogens (tertiary/aromatic N) is 2. The highest BCUT2D eigenvalue weighted by Gasteiger charge is 2.29. The van der Waals surface area contributed by atoms with Gasteiger partial charge < -0.3 is 19.3 Å². The first-order chi connectivity index (χ1) is 15.4. The quantitative estimate of drug-likeness (QED) is 0.546. The van der Waals surface area contributed by atoms with Crippen molar-refractivity contribution in [1.29, 1.82) is 0 Å². The molecule has 1 amide bonds. The van der Waals surface area contributed by atoms with E-state index in [1.807, 2.05) is 38.1 Å². The Morgan fingerprint density at radius 3 is 2.41 bits per heavy atom. The van der Waals surface area contributed by atoms with Gasteiger partial charge in [0.15, 0.2) is 0 Å². The summed E-state index contributed by atoms with van der Waals surface area (Å²) < 4.78 is 38.8. The first kappa shape index (κ1) is 24.0. The normalized spacial score (nSPS) is 15.1. The summed E-state index contributed by atoms with van der Waals surface area (Å²) in [6.45, 7) is 8.87. The number of rotatable bonds is 8. The van der Waals surface area contributed by atoms with Gasteiger partial charge in [0.25, 0.3) is 0 Å². The topological polar surface area (TPSA) is 42.0 Å². The molecule has 0 aromatic heterocycles. The summed E-state index contributed by atoms with van der Waals surface area (Å²) in [6.07, 6.45) is 1.16. The lowest BCUT2D eigenvalue weighted by Crippen LogP contribution is -2.47. The molecule has 7 heteroatoms. The Bertz CT molecular complexity index is 881. The summed E-state index contributed by atoms with van der Waals surface area (Å²) >= 11 is 0. The number of hydrogen-bond donors (Lipinski definition) is 0. The van der Waals surface area contributed by atoms with Gasteiger partial charge in [-0.3, -0.25) is 0 Å². The molecule has 0 radical (unpaired) electrons. The van der Waals surface area contributed by atoms with Gasteiger partial charge in [-0.05, 0) is 57.0 Å². The van der Waals surface area contributed by atoms with Gasteiger partial charge in [0.05, 0.1) is 12.6 Å². The summed E-state index contributed by atoms with van der Waals surface area (Å²) in [5.41, 5.74) is 1.11. The fourth-order valence-electron chi connectivity index (χ4n) is 3.89. The summed E-state index contributed by atoms with van der Waals surface area (Å²) in [6, 6.07) is 10.8. The lowest BCUT2D eigenvalue weighted by atomic mass is 10.0. The maximum absolute atomic E-state index is 14.3. The maximum Gasteiger partial charge on any atom is 0.410 e.